The van der Waals surface area contributed by atoms with Crippen molar-refractivity contribution in [2.24, 2.45) is 0 Å². The van der Waals surface area contributed by atoms with Crippen LogP contribution in [0, 0.1) is 6.92 Å². The number of H-pyrrole nitrogens is 1. The van der Waals surface area contributed by atoms with Crippen LogP contribution in [-0.4, -0.2) is 31.8 Å². The van der Waals surface area contributed by atoms with Gasteiger partial charge in [0.15, 0.2) is 10.1 Å². The number of nitrogens with one attached hydrogen (secondary N) is 2. The third kappa shape index (κ3) is 4.04. The SMILES string of the molecule is Cc1[nH]c2ccccc2c1C(=O)C(C)Sc1nnc(NC(C)(C)C)s1. The second-order valence-corrected chi connectivity index (χ2v) is 9.61. The Labute approximate surface area is 155 Å². The number of carbonyl (C=O) groups excluding carboxylic acids is 1. The average molecular weight is 375 g/mol. The molecule has 0 aliphatic carbocycles. The lowest BCUT2D eigenvalue weighted by molar-refractivity contribution is 0.0995. The van der Waals surface area contributed by atoms with Crippen molar-refractivity contribution in [1.29, 1.82) is 0 Å². The van der Waals surface area contributed by atoms with Crippen LogP contribution < -0.4 is 5.32 Å². The smallest absolute Gasteiger partial charge is 0.206 e. The fourth-order valence-electron chi connectivity index (χ4n) is 2.63. The Bertz CT molecular complexity index is 907. The van der Waals surface area contributed by atoms with E-state index in [1.807, 2.05) is 38.1 Å². The van der Waals surface area contributed by atoms with E-state index in [2.05, 4.69) is 41.3 Å². The number of nitrogens with zero attached hydrogens (tertiary/aromatic N) is 2. The largest absolute Gasteiger partial charge is 0.358 e. The maximum absolute atomic E-state index is 13.0. The van der Waals surface area contributed by atoms with Gasteiger partial charge in [-0.05, 0) is 40.7 Å². The van der Waals surface area contributed by atoms with Gasteiger partial charge in [0, 0.05) is 27.7 Å². The van der Waals surface area contributed by atoms with Gasteiger partial charge >= 0.3 is 0 Å². The van der Waals surface area contributed by atoms with Crippen molar-refractivity contribution in [3.05, 3.63) is 35.5 Å². The molecule has 132 valence electrons. The predicted octanol–water partition coefficient (Wildman–Crippen LogP) is 4.90. The highest BCUT2D eigenvalue weighted by Crippen LogP contribution is 2.33. The lowest BCUT2D eigenvalue weighted by Crippen LogP contribution is -2.25. The molecule has 2 heterocycles. The summed E-state index contributed by atoms with van der Waals surface area (Å²) in [6.07, 6.45) is 0. The second-order valence-electron chi connectivity index (χ2n) is 7.04. The Morgan fingerprint density at radius 1 is 1.28 bits per heavy atom. The number of anilines is 1. The van der Waals surface area contributed by atoms with Crippen molar-refractivity contribution in [1.82, 2.24) is 15.2 Å². The van der Waals surface area contributed by atoms with Crippen LogP contribution in [0.2, 0.25) is 0 Å². The Kier molecular flexibility index (Phi) is 4.88. The molecule has 3 aromatic rings. The molecule has 0 saturated carbocycles. The molecule has 0 saturated heterocycles. The first-order valence-corrected chi connectivity index (χ1v) is 9.84. The summed E-state index contributed by atoms with van der Waals surface area (Å²) >= 11 is 2.94. The minimum atomic E-state index is -0.228. The van der Waals surface area contributed by atoms with Crippen molar-refractivity contribution < 1.29 is 4.79 Å². The first-order chi connectivity index (χ1) is 11.7. The van der Waals surface area contributed by atoms with Gasteiger partial charge in [-0.3, -0.25) is 4.79 Å². The standard InChI is InChI=1S/C18H22N4OS2/c1-10-14(12-8-6-7-9-13(12)19-10)15(23)11(2)24-17-22-21-16(25-17)20-18(3,4)5/h6-9,11,19H,1-5H3,(H,20,21). The fraction of sp³-hybridized carbons (Fsp3) is 0.389. The lowest BCUT2D eigenvalue weighted by Gasteiger charge is -2.18. The number of para-hydroxylation sites is 1. The third-order valence-corrected chi connectivity index (χ3v) is 5.70. The van der Waals surface area contributed by atoms with Gasteiger partial charge in [0.2, 0.25) is 5.13 Å². The van der Waals surface area contributed by atoms with Gasteiger partial charge < -0.3 is 10.3 Å². The molecular weight excluding hydrogens is 352 g/mol. The normalized spacial score (nSPS) is 13.2. The molecule has 0 amide bonds. The molecule has 7 heteroatoms. The van der Waals surface area contributed by atoms with Crippen molar-refractivity contribution in [3.8, 4) is 0 Å². The van der Waals surface area contributed by atoms with Crippen molar-refractivity contribution >= 4 is 44.9 Å². The zero-order chi connectivity index (χ0) is 18.2. The molecule has 2 aromatic heterocycles. The molecule has 0 fully saturated rings. The van der Waals surface area contributed by atoms with E-state index in [1.165, 1.54) is 23.1 Å². The van der Waals surface area contributed by atoms with Gasteiger partial charge in [-0.25, -0.2) is 0 Å². The van der Waals surface area contributed by atoms with E-state index in [9.17, 15) is 4.79 Å². The number of thioether (sulfide) groups is 1. The number of aromatic amines is 1. The molecule has 1 atom stereocenters. The number of carbonyl (C=O) groups is 1. The minimum Gasteiger partial charge on any atom is -0.358 e. The average Bonchev–Trinajstić information content (AvgIpc) is 3.07. The van der Waals surface area contributed by atoms with E-state index in [4.69, 9.17) is 0 Å². The topological polar surface area (TPSA) is 70.7 Å². The predicted molar refractivity (Wildman–Crippen MR) is 106 cm³/mol. The summed E-state index contributed by atoms with van der Waals surface area (Å²) in [4.78, 5) is 16.3. The third-order valence-electron chi connectivity index (χ3n) is 3.68. The van der Waals surface area contributed by atoms with Crippen LogP contribution in [-0.2, 0) is 0 Å². The number of ketones is 1. The highest BCUT2D eigenvalue weighted by atomic mass is 32.2. The van der Waals surface area contributed by atoms with Crippen molar-refractivity contribution in [2.75, 3.05) is 5.32 Å². The van der Waals surface area contributed by atoms with E-state index < -0.39 is 0 Å². The maximum atomic E-state index is 13.0. The summed E-state index contributed by atoms with van der Waals surface area (Å²) in [6, 6.07) is 7.90. The van der Waals surface area contributed by atoms with E-state index >= 15 is 0 Å². The molecule has 0 aliphatic rings. The Hall–Kier alpha value is -1.86. The van der Waals surface area contributed by atoms with Crippen LogP contribution in [0.25, 0.3) is 10.9 Å². The van der Waals surface area contributed by atoms with Crippen LogP contribution in [0.5, 0.6) is 0 Å². The number of hydrogen-bond donors (Lipinski definition) is 2. The van der Waals surface area contributed by atoms with E-state index in [1.54, 1.807) is 0 Å². The molecule has 1 aromatic carbocycles. The summed E-state index contributed by atoms with van der Waals surface area (Å²) < 4.78 is 0.796. The fourth-order valence-corrected chi connectivity index (χ4v) is 4.79. The number of aryl methyl sites for hydroxylation is 1. The Morgan fingerprint density at radius 2 is 2.00 bits per heavy atom. The quantitative estimate of drug-likeness (QED) is 0.491. The molecule has 2 N–H and O–H groups in total. The number of aromatic nitrogens is 3. The highest BCUT2D eigenvalue weighted by Gasteiger charge is 2.24. The van der Waals surface area contributed by atoms with Gasteiger partial charge in [-0.1, -0.05) is 41.3 Å². The molecule has 1 unspecified atom stereocenters. The molecule has 25 heavy (non-hydrogen) atoms. The van der Waals surface area contributed by atoms with Crippen LogP contribution >= 0.6 is 23.1 Å². The van der Waals surface area contributed by atoms with Crippen LogP contribution in [0.1, 0.15) is 43.7 Å². The number of hydrogen-bond acceptors (Lipinski definition) is 6. The van der Waals surface area contributed by atoms with E-state index in [0.717, 1.165) is 31.6 Å². The van der Waals surface area contributed by atoms with E-state index in [-0.39, 0.29) is 16.6 Å². The van der Waals surface area contributed by atoms with Crippen LogP contribution in [0.3, 0.4) is 0 Å². The summed E-state index contributed by atoms with van der Waals surface area (Å²) in [5, 5.41) is 13.2. The first kappa shape index (κ1) is 17.9. The van der Waals surface area contributed by atoms with Crippen LogP contribution in [0.15, 0.2) is 28.6 Å². The van der Waals surface area contributed by atoms with Gasteiger partial charge in [0.25, 0.3) is 0 Å². The monoisotopic (exact) mass is 374 g/mol. The number of rotatable bonds is 5. The molecule has 0 bridgehead atoms. The Balaban J connectivity index is 1.78. The molecule has 3 rings (SSSR count). The zero-order valence-corrected chi connectivity index (χ0v) is 16.6. The van der Waals surface area contributed by atoms with Gasteiger partial charge in [-0.15, -0.1) is 10.2 Å². The molecule has 0 spiro atoms. The van der Waals surface area contributed by atoms with Crippen molar-refractivity contribution in [2.45, 2.75) is 49.7 Å². The highest BCUT2D eigenvalue weighted by molar-refractivity contribution is 8.02. The summed E-state index contributed by atoms with van der Waals surface area (Å²) in [7, 11) is 0. The number of benzene rings is 1. The summed E-state index contributed by atoms with van der Waals surface area (Å²) in [5.41, 5.74) is 2.61. The number of fused-ring (bicyclic) bond motifs is 1. The molecule has 0 aliphatic heterocycles. The van der Waals surface area contributed by atoms with E-state index in [0.29, 0.717) is 0 Å². The Morgan fingerprint density at radius 3 is 2.72 bits per heavy atom. The van der Waals surface area contributed by atoms with Gasteiger partial charge in [0.1, 0.15) is 0 Å². The number of Topliss-reactive ketones (excluding diaryl/α,β-unsaturated/α-hetero) is 1. The summed E-state index contributed by atoms with van der Waals surface area (Å²) in [6.45, 7) is 10.1. The maximum Gasteiger partial charge on any atom is 0.206 e. The minimum absolute atomic E-state index is 0.0654. The van der Waals surface area contributed by atoms with Gasteiger partial charge in [0.05, 0.1) is 5.25 Å². The summed E-state index contributed by atoms with van der Waals surface area (Å²) in [5.74, 6) is 0.112. The zero-order valence-electron chi connectivity index (χ0n) is 15.0. The first-order valence-electron chi connectivity index (χ1n) is 8.14. The van der Waals surface area contributed by atoms with Crippen LogP contribution in [0.4, 0.5) is 5.13 Å². The lowest BCUT2D eigenvalue weighted by atomic mass is 10.1. The van der Waals surface area contributed by atoms with Gasteiger partial charge in [-0.2, -0.15) is 0 Å². The molecular formula is C18H22N4OS2. The van der Waals surface area contributed by atoms with Crippen molar-refractivity contribution in [3.63, 3.8) is 0 Å². The molecule has 0 radical (unpaired) electrons. The second kappa shape index (κ2) is 6.80. The molecule has 5 nitrogen and oxygen atoms in total.